The first kappa shape index (κ1) is 20.5. The highest BCUT2D eigenvalue weighted by Gasteiger charge is 2.23. The van der Waals surface area contributed by atoms with Gasteiger partial charge in [0.15, 0.2) is 0 Å². The van der Waals surface area contributed by atoms with Crippen LogP contribution < -0.4 is 5.32 Å². The van der Waals surface area contributed by atoms with Crippen LogP contribution in [0.2, 0.25) is 0 Å². The number of carbonyl (C=O) groups excluding carboxylic acids is 1. The third-order valence-corrected chi connectivity index (χ3v) is 5.96. The molecular formula is C18H19FN2O5S. The molecule has 27 heavy (non-hydrogen) atoms. The van der Waals surface area contributed by atoms with Crippen LogP contribution in [0.25, 0.3) is 0 Å². The van der Waals surface area contributed by atoms with Gasteiger partial charge in [-0.25, -0.2) is 17.6 Å². The monoisotopic (exact) mass is 394 g/mol. The van der Waals surface area contributed by atoms with E-state index in [1.54, 1.807) is 13.8 Å². The quantitative estimate of drug-likeness (QED) is 0.752. The summed E-state index contributed by atoms with van der Waals surface area (Å²) in [5.74, 6) is -3.26. The van der Waals surface area contributed by atoms with Crippen LogP contribution in [0.3, 0.4) is 0 Å². The van der Waals surface area contributed by atoms with Gasteiger partial charge in [-0.2, -0.15) is 4.31 Å². The van der Waals surface area contributed by atoms with Gasteiger partial charge in [0.1, 0.15) is 11.4 Å². The number of halogens is 1. The van der Waals surface area contributed by atoms with Crippen molar-refractivity contribution in [3.63, 3.8) is 0 Å². The van der Waals surface area contributed by atoms with Gasteiger partial charge < -0.3 is 10.4 Å². The Morgan fingerprint density at radius 1 is 1.11 bits per heavy atom. The molecule has 0 atom stereocenters. The molecule has 144 valence electrons. The average molecular weight is 394 g/mol. The van der Waals surface area contributed by atoms with Crippen LogP contribution >= 0.6 is 0 Å². The molecule has 0 fully saturated rings. The van der Waals surface area contributed by atoms with Crippen molar-refractivity contribution in [1.29, 1.82) is 0 Å². The van der Waals surface area contributed by atoms with Crippen molar-refractivity contribution in [3.8, 4) is 0 Å². The number of anilines is 1. The van der Waals surface area contributed by atoms with E-state index >= 15 is 0 Å². The lowest BCUT2D eigenvalue weighted by Gasteiger charge is -2.18. The SMILES string of the molecule is CCN(CC)S(=O)(=O)c1cccc(C(=O)Nc2cccc(F)c2C(=O)O)c1. The summed E-state index contributed by atoms with van der Waals surface area (Å²) in [7, 11) is -3.76. The zero-order valence-electron chi connectivity index (χ0n) is 14.8. The molecular weight excluding hydrogens is 375 g/mol. The van der Waals surface area contributed by atoms with Gasteiger partial charge in [0.2, 0.25) is 10.0 Å². The highest BCUT2D eigenvalue weighted by molar-refractivity contribution is 7.89. The fourth-order valence-corrected chi connectivity index (χ4v) is 4.05. The number of carboxylic acids is 1. The van der Waals surface area contributed by atoms with Crippen molar-refractivity contribution in [1.82, 2.24) is 4.31 Å². The van der Waals surface area contributed by atoms with Gasteiger partial charge in [-0.3, -0.25) is 4.79 Å². The maximum atomic E-state index is 13.7. The molecule has 0 spiro atoms. The summed E-state index contributed by atoms with van der Waals surface area (Å²) in [4.78, 5) is 23.6. The van der Waals surface area contributed by atoms with E-state index in [0.717, 1.165) is 6.07 Å². The van der Waals surface area contributed by atoms with Crippen LogP contribution in [-0.4, -0.2) is 42.8 Å². The van der Waals surface area contributed by atoms with Crippen molar-refractivity contribution in [2.45, 2.75) is 18.7 Å². The third-order valence-electron chi connectivity index (χ3n) is 3.92. The van der Waals surface area contributed by atoms with Gasteiger partial charge in [-0.05, 0) is 30.3 Å². The number of nitrogens with zero attached hydrogens (tertiary/aromatic N) is 1. The third kappa shape index (κ3) is 4.32. The maximum absolute atomic E-state index is 13.7. The zero-order chi connectivity index (χ0) is 20.2. The number of benzene rings is 2. The first-order chi connectivity index (χ1) is 12.7. The Balaban J connectivity index is 2.37. The van der Waals surface area contributed by atoms with Crippen molar-refractivity contribution in [3.05, 3.63) is 59.4 Å². The van der Waals surface area contributed by atoms with Crippen molar-refractivity contribution >= 4 is 27.6 Å². The Hall–Kier alpha value is -2.78. The first-order valence-corrected chi connectivity index (χ1v) is 9.59. The molecule has 0 bridgehead atoms. The summed E-state index contributed by atoms with van der Waals surface area (Å²) < 4.78 is 40.1. The standard InChI is InChI=1S/C18H19FN2O5S/c1-3-21(4-2)27(25,26)13-8-5-7-12(11-13)17(22)20-15-10-6-9-14(19)16(15)18(23)24/h5-11H,3-4H2,1-2H3,(H,20,22)(H,23,24). The van der Waals surface area contributed by atoms with Crippen LogP contribution in [-0.2, 0) is 10.0 Å². The fourth-order valence-electron chi connectivity index (χ4n) is 2.55. The normalized spacial score (nSPS) is 11.4. The number of carbonyl (C=O) groups is 2. The lowest BCUT2D eigenvalue weighted by molar-refractivity contribution is 0.0693. The average Bonchev–Trinajstić information content (AvgIpc) is 2.62. The van der Waals surface area contributed by atoms with Crippen LogP contribution in [0.5, 0.6) is 0 Å². The molecule has 0 saturated heterocycles. The molecule has 0 heterocycles. The van der Waals surface area contributed by atoms with Crippen molar-refractivity contribution in [2.24, 2.45) is 0 Å². The summed E-state index contributed by atoms with van der Waals surface area (Å²) in [6, 6.07) is 8.85. The van der Waals surface area contributed by atoms with Crippen LogP contribution in [0.4, 0.5) is 10.1 Å². The molecule has 2 aromatic carbocycles. The largest absolute Gasteiger partial charge is 0.478 e. The van der Waals surface area contributed by atoms with E-state index in [-0.39, 0.29) is 29.2 Å². The number of carboxylic acid groups (broad SMARTS) is 1. The number of sulfonamides is 1. The molecule has 7 nitrogen and oxygen atoms in total. The van der Waals surface area contributed by atoms with E-state index in [4.69, 9.17) is 5.11 Å². The van der Waals surface area contributed by atoms with E-state index in [2.05, 4.69) is 5.32 Å². The van der Waals surface area contributed by atoms with Gasteiger partial charge in [-0.1, -0.05) is 26.0 Å². The highest BCUT2D eigenvalue weighted by Crippen LogP contribution is 2.21. The van der Waals surface area contributed by atoms with Crippen LogP contribution in [0.1, 0.15) is 34.6 Å². The lowest BCUT2D eigenvalue weighted by atomic mass is 10.1. The summed E-state index contributed by atoms with van der Waals surface area (Å²) in [5, 5.41) is 11.4. The Labute approximate surface area is 156 Å². The molecule has 2 aromatic rings. The molecule has 0 saturated carbocycles. The van der Waals surface area contributed by atoms with Crippen molar-refractivity contribution < 1.29 is 27.5 Å². The molecule has 1 amide bonds. The minimum atomic E-state index is -3.76. The van der Waals surface area contributed by atoms with E-state index in [1.165, 1.54) is 40.7 Å². The molecule has 2 rings (SSSR count). The van der Waals surface area contributed by atoms with Gasteiger partial charge in [0, 0.05) is 18.7 Å². The van der Waals surface area contributed by atoms with Gasteiger partial charge >= 0.3 is 5.97 Å². The van der Waals surface area contributed by atoms with E-state index < -0.39 is 33.3 Å². The topological polar surface area (TPSA) is 104 Å². The predicted molar refractivity (Wildman–Crippen MR) is 97.9 cm³/mol. The molecule has 0 aliphatic carbocycles. The molecule has 2 N–H and O–H groups in total. The van der Waals surface area contributed by atoms with E-state index in [9.17, 15) is 22.4 Å². The second-order valence-corrected chi connectivity index (χ2v) is 7.48. The minimum absolute atomic E-state index is 0.00355. The predicted octanol–water partition coefficient (Wildman–Crippen LogP) is 2.81. The second-order valence-electron chi connectivity index (χ2n) is 5.54. The number of hydrogen-bond donors (Lipinski definition) is 2. The second kappa shape index (κ2) is 8.28. The van der Waals surface area contributed by atoms with Gasteiger partial charge in [0.25, 0.3) is 5.91 Å². The van der Waals surface area contributed by atoms with Crippen LogP contribution in [0.15, 0.2) is 47.4 Å². The van der Waals surface area contributed by atoms with E-state index in [0.29, 0.717) is 0 Å². The summed E-state index contributed by atoms with van der Waals surface area (Å²) >= 11 is 0. The summed E-state index contributed by atoms with van der Waals surface area (Å²) in [6.07, 6.45) is 0. The Morgan fingerprint density at radius 2 is 1.74 bits per heavy atom. The minimum Gasteiger partial charge on any atom is -0.478 e. The van der Waals surface area contributed by atoms with E-state index in [1.807, 2.05) is 0 Å². The molecule has 9 heteroatoms. The number of nitrogens with one attached hydrogen (secondary N) is 1. The number of rotatable bonds is 7. The number of hydrogen-bond acceptors (Lipinski definition) is 4. The molecule has 0 aliphatic heterocycles. The first-order valence-electron chi connectivity index (χ1n) is 8.15. The maximum Gasteiger partial charge on any atom is 0.340 e. The smallest absolute Gasteiger partial charge is 0.340 e. The molecule has 0 unspecified atom stereocenters. The highest BCUT2D eigenvalue weighted by atomic mass is 32.2. The fraction of sp³-hybridized carbons (Fsp3) is 0.222. The Bertz CT molecular complexity index is 971. The van der Waals surface area contributed by atoms with Crippen LogP contribution in [0, 0.1) is 5.82 Å². The van der Waals surface area contributed by atoms with Gasteiger partial charge in [-0.15, -0.1) is 0 Å². The Kier molecular flexibility index (Phi) is 6.29. The van der Waals surface area contributed by atoms with Gasteiger partial charge in [0.05, 0.1) is 10.6 Å². The van der Waals surface area contributed by atoms with Crippen molar-refractivity contribution in [2.75, 3.05) is 18.4 Å². The number of amides is 1. The summed E-state index contributed by atoms with van der Waals surface area (Å²) in [5.41, 5.74) is -0.883. The zero-order valence-corrected chi connectivity index (χ0v) is 15.6. The Morgan fingerprint density at radius 3 is 2.33 bits per heavy atom. The summed E-state index contributed by atoms with van der Waals surface area (Å²) in [6.45, 7) is 3.96. The number of aromatic carboxylic acids is 1. The molecule has 0 aliphatic rings. The molecule has 0 radical (unpaired) electrons. The lowest BCUT2D eigenvalue weighted by Crippen LogP contribution is -2.30. The molecule has 0 aromatic heterocycles.